The van der Waals surface area contributed by atoms with Gasteiger partial charge in [0, 0.05) is 42.0 Å². The number of hydrogen-bond acceptors (Lipinski definition) is 5. The summed E-state index contributed by atoms with van der Waals surface area (Å²) in [5, 5.41) is 3.04. The molecule has 1 N–H and O–H groups in total. The first kappa shape index (κ1) is 21.2. The van der Waals surface area contributed by atoms with E-state index in [0.717, 1.165) is 61.0 Å². The number of amides is 1. The fourth-order valence-corrected chi connectivity index (χ4v) is 3.85. The number of ether oxygens (including phenoxy) is 1. The van der Waals surface area contributed by atoms with E-state index in [1.807, 2.05) is 36.5 Å². The van der Waals surface area contributed by atoms with Gasteiger partial charge in [0.05, 0.1) is 11.3 Å². The molecule has 6 nitrogen and oxygen atoms in total. The van der Waals surface area contributed by atoms with Gasteiger partial charge in [-0.05, 0) is 67.9 Å². The molecule has 2 aliphatic carbocycles. The summed E-state index contributed by atoms with van der Waals surface area (Å²) in [5.41, 5.74) is 5.78. The second-order valence-electron chi connectivity index (χ2n) is 7.96. The molecule has 3 aromatic rings. The van der Waals surface area contributed by atoms with Crippen LogP contribution in [-0.4, -0.2) is 26.9 Å². The summed E-state index contributed by atoms with van der Waals surface area (Å²) < 4.78 is 5.99. The molecule has 2 aliphatic rings. The second-order valence-corrected chi connectivity index (χ2v) is 7.96. The fraction of sp³-hybridized carbons (Fsp3) is 0.333. The van der Waals surface area contributed by atoms with E-state index in [1.165, 1.54) is 5.56 Å². The number of aromatic nitrogens is 3. The summed E-state index contributed by atoms with van der Waals surface area (Å²) in [4.78, 5) is 25.9. The SMILES string of the molecule is Cl.O=C(NC1CC1)c1cncc(-c2cc(OCc3ccccn3)nc3c2CCCC3)c1. The van der Waals surface area contributed by atoms with Gasteiger partial charge < -0.3 is 10.1 Å². The zero-order valence-electron chi connectivity index (χ0n) is 17.2. The molecule has 160 valence electrons. The molecule has 3 heterocycles. The van der Waals surface area contributed by atoms with Crippen LogP contribution in [0.15, 0.2) is 48.9 Å². The number of carbonyl (C=O) groups excluding carboxylic acids is 1. The summed E-state index contributed by atoms with van der Waals surface area (Å²) in [6.45, 7) is 0.369. The molecule has 1 amide bonds. The van der Waals surface area contributed by atoms with Crippen LogP contribution in [0.2, 0.25) is 0 Å². The maximum absolute atomic E-state index is 12.5. The van der Waals surface area contributed by atoms with Gasteiger partial charge in [-0.1, -0.05) is 6.07 Å². The van der Waals surface area contributed by atoms with Crippen LogP contribution in [0.3, 0.4) is 0 Å². The van der Waals surface area contributed by atoms with Crippen molar-refractivity contribution in [3.8, 4) is 17.0 Å². The van der Waals surface area contributed by atoms with E-state index >= 15 is 0 Å². The molecule has 0 spiro atoms. The van der Waals surface area contributed by atoms with Crippen molar-refractivity contribution >= 4 is 18.3 Å². The van der Waals surface area contributed by atoms with Crippen molar-refractivity contribution < 1.29 is 9.53 Å². The molecule has 7 heteroatoms. The van der Waals surface area contributed by atoms with Gasteiger partial charge in [-0.25, -0.2) is 4.98 Å². The Bertz CT molecular complexity index is 1070. The Balaban J connectivity index is 0.00000231. The average Bonchev–Trinajstić information content (AvgIpc) is 3.62. The highest BCUT2D eigenvalue weighted by Crippen LogP contribution is 2.34. The van der Waals surface area contributed by atoms with Crippen LogP contribution < -0.4 is 10.1 Å². The van der Waals surface area contributed by atoms with Crippen molar-refractivity contribution in [1.29, 1.82) is 0 Å². The van der Waals surface area contributed by atoms with E-state index < -0.39 is 0 Å². The molecule has 1 saturated carbocycles. The van der Waals surface area contributed by atoms with Gasteiger partial charge in [-0.15, -0.1) is 12.4 Å². The number of rotatable bonds is 6. The number of hydrogen-bond donors (Lipinski definition) is 1. The third-order valence-corrected chi connectivity index (χ3v) is 5.59. The predicted molar refractivity (Wildman–Crippen MR) is 120 cm³/mol. The summed E-state index contributed by atoms with van der Waals surface area (Å²) in [6.07, 6.45) is 11.5. The monoisotopic (exact) mass is 436 g/mol. The molecule has 0 saturated heterocycles. The van der Waals surface area contributed by atoms with Crippen LogP contribution in [0, 0.1) is 0 Å². The van der Waals surface area contributed by atoms with Gasteiger partial charge in [0.15, 0.2) is 0 Å². The molecule has 31 heavy (non-hydrogen) atoms. The van der Waals surface area contributed by atoms with Crippen molar-refractivity contribution in [2.75, 3.05) is 0 Å². The lowest BCUT2D eigenvalue weighted by Crippen LogP contribution is -2.25. The highest BCUT2D eigenvalue weighted by molar-refractivity contribution is 5.95. The van der Waals surface area contributed by atoms with E-state index in [4.69, 9.17) is 9.72 Å². The van der Waals surface area contributed by atoms with Gasteiger partial charge in [0.2, 0.25) is 5.88 Å². The van der Waals surface area contributed by atoms with Crippen LogP contribution in [0.25, 0.3) is 11.1 Å². The normalized spacial score (nSPS) is 14.8. The summed E-state index contributed by atoms with van der Waals surface area (Å²) in [6, 6.07) is 10.00. The van der Waals surface area contributed by atoms with E-state index in [-0.39, 0.29) is 18.3 Å². The van der Waals surface area contributed by atoms with E-state index in [1.54, 1.807) is 12.4 Å². The van der Waals surface area contributed by atoms with Crippen molar-refractivity contribution in [2.45, 2.75) is 51.2 Å². The Morgan fingerprint density at radius 3 is 2.81 bits per heavy atom. The Morgan fingerprint density at radius 1 is 1.13 bits per heavy atom. The number of pyridine rings is 3. The van der Waals surface area contributed by atoms with Crippen LogP contribution >= 0.6 is 12.4 Å². The lowest BCUT2D eigenvalue weighted by molar-refractivity contribution is 0.0950. The Kier molecular flexibility index (Phi) is 6.47. The summed E-state index contributed by atoms with van der Waals surface area (Å²) in [7, 11) is 0. The number of aryl methyl sites for hydroxylation is 1. The number of carbonyl (C=O) groups is 1. The molecular weight excluding hydrogens is 412 g/mol. The lowest BCUT2D eigenvalue weighted by atomic mass is 9.89. The molecule has 0 aliphatic heterocycles. The lowest BCUT2D eigenvalue weighted by Gasteiger charge is -2.20. The molecule has 3 aromatic heterocycles. The summed E-state index contributed by atoms with van der Waals surface area (Å²) >= 11 is 0. The molecular formula is C24H25ClN4O2. The molecule has 0 bridgehead atoms. The molecule has 0 aromatic carbocycles. The Morgan fingerprint density at radius 2 is 2.00 bits per heavy atom. The van der Waals surface area contributed by atoms with E-state index in [9.17, 15) is 4.79 Å². The number of fused-ring (bicyclic) bond motifs is 1. The number of halogens is 1. The van der Waals surface area contributed by atoms with Gasteiger partial charge in [-0.2, -0.15) is 0 Å². The topological polar surface area (TPSA) is 77.0 Å². The molecule has 0 unspecified atom stereocenters. The average molecular weight is 437 g/mol. The standard InChI is InChI=1S/C24H24N4O2.ClH/c29-24(27-18-8-9-18)17-11-16(13-25-14-17)21-12-23(28-22-7-2-1-6-20(21)22)30-15-19-5-3-4-10-26-19;/h3-5,10-14,18H,1-2,6-9,15H2,(H,27,29);1H. The number of nitrogens with zero attached hydrogens (tertiary/aromatic N) is 3. The van der Waals surface area contributed by atoms with Crippen molar-refractivity contribution in [3.05, 3.63) is 71.4 Å². The molecule has 5 rings (SSSR count). The van der Waals surface area contributed by atoms with Gasteiger partial charge in [0.1, 0.15) is 6.61 Å². The van der Waals surface area contributed by atoms with Crippen molar-refractivity contribution in [2.24, 2.45) is 0 Å². The summed E-state index contributed by atoms with van der Waals surface area (Å²) in [5.74, 6) is 0.533. The minimum Gasteiger partial charge on any atom is -0.471 e. The Hall–Kier alpha value is -2.99. The van der Waals surface area contributed by atoms with E-state index in [0.29, 0.717) is 24.1 Å². The third kappa shape index (κ3) is 5.02. The quantitative estimate of drug-likeness (QED) is 0.623. The molecule has 1 fully saturated rings. The Labute approximate surface area is 187 Å². The molecule has 0 atom stereocenters. The predicted octanol–water partition coefficient (Wildman–Crippen LogP) is 4.31. The third-order valence-electron chi connectivity index (χ3n) is 5.59. The van der Waals surface area contributed by atoms with Gasteiger partial charge >= 0.3 is 0 Å². The minimum atomic E-state index is -0.0543. The highest BCUT2D eigenvalue weighted by Gasteiger charge is 2.24. The van der Waals surface area contributed by atoms with E-state index in [2.05, 4.69) is 15.3 Å². The zero-order chi connectivity index (χ0) is 20.3. The maximum atomic E-state index is 12.5. The highest BCUT2D eigenvalue weighted by atomic mass is 35.5. The van der Waals surface area contributed by atoms with Crippen molar-refractivity contribution in [3.63, 3.8) is 0 Å². The first-order valence-electron chi connectivity index (χ1n) is 10.6. The first-order valence-corrected chi connectivity index (χ1v) is 10.6. The number of nitrogens with one attached hydrogen (secondary N) is 1. The largest absolute Gasteiger partial charge is 0.471 e. The van der Waals surface area contributed by atoms with Crippen LogP contribution in [0.4, 0.5) is 0 Å². The smallest absolute Gasteiger partial charge is 0.253 e. The van der Waals surface area contributed by atoms with Crippen LogP contribution in [0.1, 0.15) is 53.0 Å². The van der Waals surface area contributed by atoms with Gasteiger partial charge in [-0.3, -0.25) is 14.8 Å². The van der Waals surface area contributed by atoms with Crippen molar-refractivity contribution in [1.82, 2.24) is 20.3 Å². The fourth-order valence-electron chi connectivity index (χ4n) is 3.85. The van der Waals surface area contributed by atoms with Crippen LogP contribution in [-0.2, 0) is 19.4 Å². The maximum Gasteiger partial charge on any atom is 0.253 e. The first-order chi connectivity index (χ1) is 14.8. The second kappa shape index (κ2) is 9.43. The van der Waals surface area contributed by atoms with Gasteiger partial charge in [0.25, 0.3) is 5.91 Å². The molecule has 0 radical (unpaired) electrons. The zero-order valence-corrected chi connectivity index (χ0v) is 18.0. The minimum absolute atomic E-state index is 0. The van der Waals surface area contributed by atoms with Crippen LogP contribution in [0.5, 0.6) is 5.88 Å².